The number of carboxylic acids is 1. The molecule has 6 amide bonds. The standard InChI is InChI=1S/C23H28ClN5O4.C18H20ClN5O2.C13H23NO4.ClH/c1-23(2,3)33-22(32)28-18(12-7-5-4-6-8-12)21(31)26-13-9-14-17-15(11-25-29-20(14)30)19(24)27-16(17)10-13;19-16-12-8-21-24-17(25)11-6-10(7-13(23-16)14(11)12)22-18(26)15(20)9-4-2-1-3-5-9;1-13(2,3)18-12(17)14-10(11(15)16)9-7-5-4-6-8-9;/h9-12,18,27H,4-8H2,1-3H3,(H,26,31)(H,28,32)(H,29,30);6-9,15,23H,1-5,20H2,(H,22,26)(H,24,25);9-10H,4-8H2,1-3H3,(H,14,17)(H,15,16);1H/t18-;15-;10-;/m111./s1. The first-order valence-corrected chi connectivity index (χ1v) is 27.2. The third-order valence-corrected chi connectivity index (χ3v) is 14.7. The number of alkyl carbamates (subject to hydrolysis) is 2. The largest absolute Gasteiger partial charge is 0.480 e. The first-order valence-electron chi connectivity index (χ1n) is 26.4. The van der Waals surface area contributed by atoms with E-state index < -0.39 is 53.4 Å². The minimum Gasteiger partial charge on any atom is -0.480 e. The van der Waals surface area contributed by atoms with Crippen LogP contribution in [0.2, 0.25) is 10.3 Å². The number of carbonyl (C=O) groups is 7. The van der Waals surface area contributed by atoms with Crippen LogP contribution in [0, 0.1) is 17.8 Å². The first kappa shape index (κ1) is 60.8. The number of amides is 6. The minimum absolute atomic E-state index is 0. The number of benzene rings is 2. The molecule has 0 unspecified atom stereocenters. The van der Waals surface area contributed by atoms with Gasteiger partial charge in [-0.05, 0) is 122 Å². The highest BCUT2D eigenvalue weighted by Gasteiger charge is 2.35. The number of rotatable bonds is 10. The zero-order chi connectivity index (χ0) is 55.8. The molecule has 2 aromatic heterocycles. The molecule has 24 heteroatoms. The molecule has 0 spiro atoms. The predicted octanol–water partition coefficient (Wildman–Crippen LogP) is 10.0. The average molecular weight is 1140 g/mol. The molecule has 5 aliphatic rings. The molecule has 4 heterocycles. The molecule has 78 heavy (non-hydrogen) atoms. The lowest BCUT2D eigenvalue weighted by atomic mass is 9.83. The van der Waals surface area contributed by atoms with Crippen LogP contribution < -0.4 is 37.9 Å². The summed E-state index contributed by atoms with van der Waals surface area (Å²) < 4.78 is 10.5. The predicted molar refractivity (Wildman–Crippen MR) is 303 cm³/mol. The van der Waals surface area contributed by atoms with Gasteiger partial charge in [-0.2, -0.15) is 10.2 Å². The molecule has 2 aromatic carbocycles. The van der Waals surface area contributed by atoms with Crippen LogP contribution in [0.4, 0.5) is 21.0 Å². The van der Waals surface area contributed by atoms with Crippen molar-refractivity contribution < 1.29 is 48.1 Å². The Balaban J connectivity index is 0.000000197. The van der Waals surface area contributed by atoms with E-state index in [1.165, 1.54) is 18.9 Å². The maximum absolute atomic E-state index is 13.3. The second kappa shape index (κ2) is 26.5. The summed E-state index contributed by atoms with van der Waals surface area (Å²) in [7, 11) is 0. The molecule has 3 atom stereocenters. The van der Waals surface area contributed by atoms with Gasteiger partial charge < -0.3 is 51.5 Å². The Morgan fingerprint density at radius 1 is 0.603 bits per heavy atom. The van der Waals surface area contributed by atoms with Crippen molar-refractivity contribution in [3.63, 3.8) is 0 Å². The van der Waals surface area contributed by atoms with E-state index in [2.05, 4.69) is 52.3 Å². The Morgan fingerprint density at radius 3 is 1.37 bits per heavy atom. The summed E-state index contributed by atoms with van der Waals surface area (Å²) in [6, 6.07) is 4.55. The zero-order valence-corrected chi connectivity index (χ0v) is 47.1. The van der Waals surface area contributed by atoms with E-state index in [9.17, 15) is 38.7 Å². The number of aromatic nitrogens is 2. The SMILES string of the molecule is CC(C)(C)OC(=O)N[C@@H](C(=O)Nc1cc2c3c(c(Cl)[nH]c3c1)C=NNC2=O)C1CCCCC1.CC(C)(C)OC(=O)N[C@@H](C(=O)O)C1CCCCC1.Cl.N[C@@H](C(=O)Nc1cc2c3c(c(Cl)[nH]c3c1)C=NNC2=O)C1CCCCC1. The van der Waals surface area contributed by atoms with Crippen LogP contribution in [-0.2, 0) is 23.9 Å². The van der Waals surface area contributed by atoms with E-state index in [0.29, 0.717) is 65.7 Å². The third kappa shape index (κ3) is 15.9. The van der Waals surface area contributed by atoms with E-state index in [1.54, 1.807) is 65.8 Å². The van der Waals surface area contributed by atoms with Crippen molar-refractivity contribution in [2.24, 2.45) is 33.7 Å². The summed E-state index contributed by atoms with van der Waals surface area (Å²) in [5.41, 5.74) is 13.9. The van der Waals surface area contributed by atoms with Gasteiger partial charge in [0.2, 0.25) is 11.8 Å². The molecule has 424 valence electrons. The highest BCUT2D eigenvalue weighted by atomic mass is 35.5. The van der Waals surface area contributed by atoms with Gasteiger partial charge in [-0.3, -0.25) is 19.2 Å². The van der Waals surface area contributed by atoms with E-state index in [-0.39, 0.29) is 47.9 Å². The number of H-pyrrole nitrogens is 2. The van der Waals surface area contributed by atoms with Crippen LogP contribution in [0.25, 0.3) is 21.8 Å². The van der Waals surface area contributed by atoms with Crippen molar-refractivity contribution in [2.45, 2.75) is 167 Å². The van der Waals surface area contributed by atoms with Crippen molar-refractivity contribution in [1.29, 1.82) is 0 Å². The number of hydrazone groups is 2. The lowest BCUT2D eigenvalue weighted by Crippen LogP contribution is -2.50. The summed E-state index contributed by atoms with van der Waals surface area (Å²) in [5, 5.41) is 30.0. The molecule has 3 aliphatic carbocycles. The maximum atomic E-state index is 13.3. The van der Waals surface area contributed by atoms with Crippen molar-refractivity contribution >= 4 is 123 Å². The molecule has 11 N–H and O–H groups in total. The summed E-state index contributed by atoms with van der Waals surface area (Å²) >= 11 is 12.5. The molecule has 2 aliphatic heterocycles. The fourth-order valence-corrected chi connectivity index (χ4v) is 11.1. The molecule has 3 fully saturated rings. The van der Waals surface area contributed by atoms with Gasteiger partial charge >= 0.3 is 18.2 Å². The van der Waals surface area contributed by atoms with Gasteiger partial charge in [-0.15, -0.1) is 12.4 Å². The quantitative estimate of drug-likeness (QED) is 0.0712. The van der Waals surface area contributed by atoms with Crippen molar-refractivity contribution in [1.82, 2.24) is 31.5 Å². The number of nitrogens with zero attached hydrogens (tertiary/aromatic N) is 2. The number of nitrogens with one attached hydrogen (secondary N) is 8. The number of carboxylic acid groups (broad SMARTS) is 1. The summed E-state index contributed by atoms with van der Waals surface area (Å²) in [5.74, 6) is -2.10. The molecule has 9 rings (SSSR count). The molecule has 4 aromatic rings. The molecule has 21 nitrogen and oxygen atoms in total. The van der Waals surface area contributed by atoms with Crippen molar-refractivity contribution in [3.8, 4) is 0 Å². The Labute approximate surface area is 468 Å². The molecule has 0 bridgehead atoms. The number of ether oxygens (including phenoxy) is 2. The summed E-state index contributed by atoms with van der Waals surface area (Å²) in [6.45, 7) is 10.6. The van der Waals surface area contributed by atoms with Gasteiger partial charge in [-0.25, -0.2) is 25.2 Å². The van der Waals surface area contributed by atoms with Crippen LogP contribution in [0.1, 0.15) is 170 Å². The van der Waals surface area contributed by atoms with E-state index in [4.69, 9.17) is 38.4 Å². The highest BCUT2D eigenvalue weighted by molar-refractivity contribution is 6.36. The number of hydrogen-bond donors (Lipinski definition) is 10. The second-order valence-electron chi connectivity index (χ2n) is 22.3. The van der Waals surface area contributed by atoms with Crippen LogP contribution >= 0.6 is 35.6 Å². The van der Waals surface area contributed by atoms with E-state index in [0.717, 1.165) is 89.9 Å². The lowest BCUT2D eigenvalue weighted by molar-refractivity contribution is -0.141. The molecule has 0 saturated heterocycles. The molecular formula is C54H72Cl3N11O10. The smallest absolute Gasteiger partial charge is 0.408 e. The Morgan fingerprint density at radius 2 is 0.974 bits per heavy atom. The average Bonchev–Trinajstić information content (AvgIpc) is 3.81. The van der Waals surface area contributed by atoms with Gasteiger partial charge in [-0.1, -0.05) is 81.0 Å². The van der Waals surface area contributed by atoms with E-state index >= 15 is 0 Å². The monoisotopic (exact) mass is 1140 g/mol. The van der Waals surface area contributed by atoms with Crippen molar-refractivity contribution in [3.05, 3.63) is 56.8 Å². The highest BCUT2D eigenvalue weighted by Crippen LogP contribution is 2.35. The summed E-state index contributed by atoms with van der Waals surface area (Å²) in [4.78, 5) is 92.1. The number of aliphatic carboxylic acids is 1. The zero-order valence-electron chi connectivity index (χ0n) is 44.8. The number of hydrogen-bond acceptors (Lipinski definition) is 12. The Hall–Kier alpha value is -6.42. The van der Waals surface area contributed by atoms with Crippen LogP contribution in [0.15, 0.2) is 34.5 Å². The maximum Gasteiger partial charge on any atom is 0.408 e. The molecular weight excluding hydrogens is 1070 g/mol. The van der Waals surface area contributed by atoms with Gasteiger partial charge in [0, 0.05) is 33.3 Å². The van der Waals surface area contributed by atoms with Crippen LogP contribution in [-0.4, -0.2) is 98.6 Å². The third-order valence-electron chi connectivity index (χ3n) is 14.1. The van der Waals surface area contributed by atoms with Crippen LogP contribution in [0.5, 0.6) is 0 Å². The topological polar surface area (TPSA) is 313 Å². The van der Waals surface area contributed by atoms with Crippen molar-refractivity contribution in [2.75, 3.05) is 10.6 Å². The fourth-order valence-electron chi connectivity index (χ4n) is 10.6. The fraction of sp³-hybridized carbons (Fsp3) is 0.537. The normalized spacial score (nSPS) is 17.9. The number of carbonyl (C=O) groups excluding carboxylic acids is 6. The molecule has 3 saturated carbocycles. The number of aromatic amines is 2. The van der Waals surface area contributed by atoms with Crippen LogP contribution in [0.3, 0.4) is 0 Å². The second-order valence-corrected chi connectivity index (χ2v) is 23.0. The summed E-state index contributed by atoms with van der Waals surface area (Å²) in [6.07, 6.45) is 16.8. The van der Waals surface area contributed by atoms with Gasteiger partial charge in [0.15, 0.2) is 0 Å². The van der Waals surface area contributed by atoms with E-state index in [1.807, 2.05) is 0 Å². The minimum atomic E-state index is -0.979. The first-order chi connectivity index (χ1) is 36.5. The number of nitrogens with two attached hydrogens (primary N) is 1. The van der Waals surface area contributed by atoms with Gasteiger partial charge in [0.25, 0.3) is 11.8 Å². The number of halogens is 3. The lowest BCUT2D eigenvalue weighted by Gasteiger charge is -2.31. The van der Waals surface area contributed by atoms with Gasteiger partial charge in [0.1, 0.15) is 33.6 Å². The Kier molecular flexibility index (Phi) is 20.6. The molecule has 0 radical (unpaired) electrons. The Bertz CT molecular complexity index is 2930. The number of anilines is 2. The van der Waals surface area contributed by atoms with Gasteiger partial charge in [0.05, 0.1) is 40.6 Å².